The van der Waals surface area contributed by atoms with E-state index in [1.54, 1.807) is 0 Å². The second-order valence-corrected chi connectivity index (χ2v) is 7.91. The molecule has 1 aliphatic heterocycles. The molecule has 2 nitrogen and oxygen atoms in total. The van der Waals surface area contributed by atoms with Crippen LogP contribution in [0.3, 0.4) is 0 Å². The van der Waals surface area contributed by atoms with Gasteiger partial charge >= 0.3 is 12.1 Å². The van der Waals surface area contributed by atoms with Crippen molar-refractivity contribution >= 4 is 16.7 Å². The van der Waals surface area contributed by atoms with Crippen molar-refractivity contribution in [3.05, 3.63) is 106 Å². The molecule has 2 aliphatic rings. The van der Waals surface area contributed by atoms with Crippen molar-refractivity contribution in [2.24, 2.45) is 0 Å². The van der Waals surface area contributed by atoms with Crippen LogP contribution in [0, 0.1) is 0 Å². The highest BCUT2D eigenvalue weighted by molar-refractivity contribution is 6.13. The highest BCUT2D eigenvalue weighted by Gasteiger charge is 2.40. The normalized spacial score (nSPS) is 16.7. The molecule has 0 saturated carbocycles. The van der Waals surface area contributed by atoms with Gasteiger partial charge in [0, 0.05) is 11.5 Å². The third-order valence-corrected chi connectivity index (χ3v) is 6.29. The molecule has 1 aliphatic carbocycles. The summed E-state index contributed by atoms with van der Waals surface area (Å²) < 4.78 is 46.1. The minimum atomic E-state index is -4.44. The van der Waals surface area contributed by atoms with Gasteiger partial charge < -0.3 is 4.74 Å². The second kappa shape index (κ2) is 6.20. The van der Waals surface area contributed by atoms with Crippen LogP contribution < -0.4 is 0 Å². The molecular formula is C26H15F3O2. The summed E-state index contributed by atoms with van der Waals surface area (Å²) in [5.41, 5.74) is 4.63. The molecule has 1 heterocycles. The molecule has 0 aromatic heterocycles. The minimum Gasteiger partial charge on any atom is -0.457 e. The Morgan fingerprint density at radius 3 is 2.29 bits per heavy atom. The molecule has 31 heavy (non-hydrogen) atoms. The van der Waals surface area contributed by atoms with Crippen molar-refractivity contribution in [3.8, 4) is 11.1 Å². The summed E-state index contributed by atoms with van der Waals surface area (Å²) in [7, 11) is 0. The lowest BCUT2D eigenvalue weighted by atomic mass is 9.84. The van der Waals surface area contributed by atoms with Gasteiger partial charge in [-0.15, -0.1) is 0 Å². The van der Waals surface area contributed by atoms with Crippen LogP contribution >= 0.6 is 0 Å². The molecule has 152 valence electrons. The Morgan fingerprint density at radius 1 is 0.839 bits per heavy atom. The number of carbonyl (C=O) groups is 1. The molecule has 5 heteroatoms. The van der Waals surface area contributed by atoms with Crippen LogP contribution in [-0.4, -0.2) is 5.97 Å². The molecule has 6 rings (SSSR count). The van der Waals surface area contributed by atoms with Gasteiger partial charge in [0.2, 0.25) is 0 Å². The zero-order chi connectivity index (χ0) is 21.3. The smallest absolute Gasteiger partial charge is 0.416 e. The van der Waals surface area contributed by atoms with Crippen LogP contribution in [0.1, 0.15) is 44.1 Å². The Kier molecular flexibility index (Phi) is 3.64. The van der Waals surface area contributed by atoms with Crippen molar-refractivity contribution in [1.29, 1.82) is 0 Å². The Labute approximate surface area is 175 Å². The van der Waals surface area contributed by atoms with Crippen molar-refractivity contribution in [2.45, 2.75) is 18.7 Å². The largest absolute Gasteiger partial charge is 0.457 e. The van der Waals surface area contributed by atoms with Crippen LogP contribution in [0.25, 0.3) is 21.9 Å². The summed E-state index contributed by atoms with van der Waals surface area (Å²) in [6.07, 6.45) is -4.44. The molecule has 4 aromatic carbocycles. The lowest BCUT2D eigenvalue weighted by molar-refractivity contribution is -0.137. The van der Waals surface area contributed by atoms with Gasteiger partial charge in [-0.1, -0.05) is 60.7 Å². The van der Waals surface area contributed by atoms with Crippen molar-refractivity contribution in [2.75, 3.05) is 0 Å². The monoisotopic (exact) mass is 416 g/mol. The quantitative estimate of drug-likeness (QED) is 0.285. The average molecular weight is 416 g/mol. The molecule has 0 N–H and O–H groups in total. The Bertz CT molecular complexity index is 1390. The van der Waals surface area contributed by atoms with Gasteiger partial charge in [-0.25, -0.2) is 4.79 Å². The van der Waals surface area contributed by atoms with E-state index in [9.17, 15) is 18.0 Å². The van der Waals surface area contributed by atoms with Crippen LogP contribution in [0.5, 0.6) is 0 Å². The van der Waals surface area contributed by atoms with Crippen LogP contribution in [0.15, 0.2) is 72.8 Å². The zero-order valence-electron chi connectivity index (χ0n) is 16.2. The molecular weight excluding hydrogens is 401 g/mol. The molecule has 0 spiro atoms. The first-order valence-electron chi connectivity index (χ1n) is 9.96. The number of ether oxygens (including phenoxy) is 1. The molecule has 0 fully saturated rings. The van der Waals surface area contributed by atoms with Gasteiger partial charge in [0.05, 0.1) is 11.1 Å². The first-order chi connectivity index (χ1) is 14.9. The molecule has 0 bridgehead atoms. The number of alkyl halides is 3. The van der Waals surface area contributed by atoms with Crippen molar-refractivity contribution in [1.82, 2.24) is 0 Å². The summed E-state index contributed by atoms with van der Waals surface area (Å²) in [5.74, 6) is -0.745. The van der Waals surface area contributed by atoms with E-state index >= 15 is 0 Å². The maximum atomic E-state index is 13.6. The van der Waals surface area contributed by atoms with E-state index in [1.807, 2.05) is 54.6 Å². The predicted molar refractivity (Wildman–Crippen MR) is 111 cm³/mol. The molecule has 0 amide bonds. The van der Waals surface area contributed by atoms with Crippen molar-refractivity contribution in [3.63, 3.8) is 0 Å². The number of fused-ring (bicyclic) bond motifs is 8. The number of cyclic esters (lactones) is 1. The fraction of sp³-hybridized carbons (Fsp3) is 0.115. The fourth-order valence-electron chi connectivity index (χ4n) is 5.07. The summed E-state index contributed by atoms with van der Waals surface area (Å²) in [6.45, 7) is 0.128. The first-order valence-corrected chi connectivity index (χ1v) is 9.96. The minimum absolute atomic E-state index is 0.128. The maximum absolute atomic E-state index is 13.6. The first kappa shape index (κ1) is 18.2. The lowest BCUT2D eigenvalue weighted by Crippen LogP contribution is -2.07. The number of benzene rings is 4. The highest BCUT2D eigenvalue weighted by Crippen LogP contribution is 2.55. The number of hydrogen-bond donors (Lipinski definition) is 0. The molecule has 4 aromatic rings. The van der Waals surface area contributed by atoms with E-state index in [1.165, 1.54) is 12.1 Å². The van der Waals surface area contributed by atoms with Crippen molar-refractivity contribution < 1.29 is 22.7 Å². The van der Waals surface area contributed by atoms with E-state index in [2.05, 4.69) is 0 Å². The van der Waals surface area contributed by atoms with Gasteiger partial charge in [-0.3, -0.25) is 0 Å². The zero-order valence-corrected chi connectivity index (χ0v) is 16.2. The van der Waals surface area contributed by atoms with Crippen LogP contribution in [-0.2, 0) is 17.5 Å². The fourth-order valence-corrected chi connectivity index (χ4v) is 5.07. The molecule has 1 atom stereocenters. The van der Waals surface area contributed by atoms with Gasteiger partial charge in [0.1, 0.15) is 6.61 Å². The van der Waals surface area contributed by atoms with Gasteiger partial charge in [0.25, 0.3) is 0 Å². The predicted octanol–water partition coefficient (Wildman–Crippen LogP) is 6.69. The molecule has 0 unspecified atom stereocenters. The van der Waals surface area contributed by atoms with Gasteiger partial charge in [-0.2, -0.15) is 13.2 Å². The Morgan fingerprint density at radius 2 is 1.55 bits per heavy atom. The van der Waals surface area contributed by atoms with E-state index in [0.29, 0.717) is 11.1 Å². The van der Waals surface area contributed by atoms with E-state index in [0.717, 1.165) is 44.7 Å². The molecule has 0 saturated heterocycles. The Balaban J connectivity index is 1.77. The summed E-state index contributed by atoms with van der Waals surface area (Å²) in [5, 5.41) is 1.65. The van der Waals surface area contributed by atoms with Crippen LogP contribution in [0.2, 0.25) is 0 Å². The summed E-state index contributed by atoms with van der Waals surface area (Å²) in [4.78, 5) is 12.6. The second-order valence-electron chi connectivity index (χ2n) is 7.91. The number of hydrogen-bond acceptors (Lipinski definition) is 2. The number of esters is 1. The Hall–Kier alpha value is -3.60. The third kappa shape index (κ3) is 2.49. The summed E-state index contributed by atoms with van der Waals surface area (Å²) in [6, 6.07) is 21.0. The summed E-state index contributed by atoms with van der Waals surface area (Å²) >= 11 is 0. The lowest BCUT2D eigenvalue weighted by Gasteiger charge is -2.18. The van der Waals surface area contributed by atoms with Crippen LogP contribution in [0.4, 0.5) is 13.2 Å². The topological polar surface area (TPSA) is 26.3 Å². The van der Waals surface area contributed by atoms with E-state index < -0.39 is 11.7 Å². The van der Waals surface area contributed by atoms with E-state index in [-0.39, 0.29) is 18.5 Å². The van der Waals surface area contributed by atoms with Gasteiger partial charge in [0.15, 0.2) is 0 Å². The molecule has 0 radical (unpaired) electrons. The average Bonchev–Trinajstić information content (AvgIpc) is 3.32. The number of carbonyl (C=O) groups excluding carboxylic acids is 1. The number of halogens is 3. The highest BCUT2D eigenvalue weighted by atomic mass is 19.4. The van der Waals surface area contributed by atoms with E-state index in [4.69, 9.17) is 4.74 Å². The van der Waals surface area contributed by atoms with Gasteiger partial charge in [-0.05, 0) is 50.7 Å². The maximum Gasteiger partial charge on any atom is 0.416 e. The number of rotatable bonds is 1. The standard InChI is InChI=1S/C26H15F3O2/c27-26(28,29)15-10-11-18-19(12-15)21(14-6-2-1-3-7-14)24-17-9-5-4-8-16(17)23-20(22(18)24)13-31-25(23)30/h1-12,21H,13H2/t21-/m1/s1. The SMILES string of the molecule is O=C1OCc2c3c(c4ccccc4c21)[C@H](c1ccccc1)c1cc(C(F)(F)F)ccc1-3. The third-order valence-electron chi connectivity index (χ3n) is 6.29.